The van der Waals surface area contributed by atoms with Crippen LogP contribution in [0.25, 0.3) is 0 Å². The molecule has 0 radical (unpaired) electrons. The Morgan fingerprint density at radius 2 is 2.28 bits per heavy atom. The van der Waals surface area contributed by atoms with E-state index >= 15 is 0 Å². The summed E-state index contributed by atoms with van der Waals surface area (Å²) >= 11 is 5.93. The molecule has 3 nitrogen and oxygen atoms in total. The highest BCUT2D eigenvalue weighted by molar-refractivity contribution is 6.30. The molecule has 1 aliphatic rings. The average Bonchev–Trinajstić information content (AvgIpc) is 2.37. The van der Waals surface area contributed by atoms with Gasteiger partial charge in [0, 0.05) is 5.02 Å². The molecule has 0 aromatic heterocycles. The molecule has 1 unspecified atom stereocenters. The number of benzene rings is 1. The summed E-state index contributed by atoms with van der Waals surface area (Å²) in [6, 6.07) is 7.63. The summed E-state index contributed by atoms with van der Waals surface area (Å²) in [5, 5.41) is 13.3. The zero-order chi connectivity index (χ0) is 13.0. The summed E-state index contributed by atoms with van der Waals surface area (Å²) in [5.41, 5.74) is 0.344. The van der Waals surface area contributed by atoms with Crippen LogP contribution >= 0.6 is 11.6 Å². The fraction of sp³-hybridized carbons (Fsp3) is 0.500. The highest BCUT2D eigenvalue weighted by atomic mass is 35.5. The average molecular weight is 268 g/mol. The third kappa shape index (κ3) is 3.03. The van der Waals surface area contributed by atoms with Gasteiger partial charge in [0.2, 0.25) is 0 Å². The summed E-state index contributed by atoms with van der Waals surface area (Å²) in [6.45, 7) is 0.793. The number of carboxylic acids is 1. The predicted octanol–water partition coefficient (Wildman–Crippen LogP) is 2.87. The molecule has 98 valence electrons. The van der Waals surface area contributed by atoms with Crippen molar-refractivity contribution >= 4 is 17.6 Å². The van der Waals surface area contributed by atoms with E-state index in [9.17, 15) is 9.90 Å². The number of hydrogen-bond donors (Lipinski definition) is 2. The quantitative estimate of drug-likeness (QED) is 0.882. The normalized spacial score (nSPS) is 23.8. The van der Waals surface area contributed by atoms with Crippen LogP contribution < -0.4 is 5.32 Å². The largest absolute Gasteiger partial charge is 0.480 e. The van der Waals surface area contributed by atoms with Crippen LogP contribution in [0.4, 0.5) is 0 Å². The highest BCUT2D eigenvalue weighted by Crippen LogP contribution is 2.25. The minimum Gasteiger partial charge on any atom is -0.480 e. The third-order valence-electron chi connectivity index (χ3n) is 3.63. The summed E-state index contributed by atoms with van der Waals surface area (Å²) in [7, 11) is 0. The van der Waals surface area contributed by atoms with E-state index in [0.29, 0.717) is 17.9 Å². The Hall–Kier alpha value is -1.06. The number of aryl methyl sites for hydroxylation is 1. The number of hydrogen-bond acceptors (Lipinski definition) is 2. The van der Waals surface area contributed by atoms with Crippen LogP contribution in [0, 0.1) is 0 Å². The van der Waals surface area contributed by atoms with Crippen molar-refractivity contribution in [3.05, 3.63) is 34.9 Å². The Bertz CT molecular complexity index is 428. The van der Waals surface area contributed by atoms with E-state index in [0.717, 1.165) is 31.4 Å². The maximum atomic E-state index is 11.5. The van der Waals surface area contributed by atoms with Crippen LogP contribution in [-0.4, -0.2) is 23.2 Å². The van der Waals surface area contributed by atoms with Crippen LogP contribution in [-0.2, 0) is 11.2 Å². The van der Waals surface area contributed by atoms with Crippen molar-refractivity contribution in [3.8, 4) is 0 Å². The van der Waals surface area contributed by atoms with Crippen molar-refractivity contribution in [1.29, 1.82) is 0 Å². The standard InChI is InChI=1S/C14H18ClNO2/c15-12-5-3-4-11(10-12)6-8-14(13(17)18)7-1-2-9-16-14/h3-5,10,16H,1-2,6-9H2,(H,17,18). The number of carboxylic acid groups (broad SMARTS) is 1. The van der Waals surface area contributed by atoms with Crippen LogP contribution in [0.2, 0.25) is 5.02 Å². The van der Waals surface area contributed by atoms with E-state index in [4.69, 9.17) is 11.6 Å². The molecule has 1 saturated heterocycles. The zero-order valence-electron chi connectivity index (χ0n) is 10.3. The molecule has 0 amide bonds. The minimum atomic E-state index is -0.749. The first-order valence-electron chi connectivity index (χ1n) is 6.35. The molecule has 1 atom stereocenters. The molecule has 1 aliphatic heterocycles. The van der Waals surface area contributed by atoms with Gasteiger partial charge in [-0.15, -0.1) is 0 Å². The molecule has 1 fully saturated rings. The van der Waals surface area contributed by atoms with Crippen molar-refractivity contribution in [2.75, 3.05) is 6.54 Å². The maximum absolute atomic E-state index is 11.5. The number of halogens is 1. The summed E-state index contributed by atoms with van der Waals surface area (Å²) in [4.78, 5) is 11.5. The van der Waals surface area contributed by atoms with Gasteiger partial charge in [-0.3, -0.25) is 4.79 Å². The first-order chi connectivity index (χ1) is 8.62. The topological polar surface area (TPSA) is 49.3 Å². The van der Waals surface area contributed by atoms with Gasteiger partial charge >= 0.3 is 5.97 Å². The molecule has 0 aliphatic carbocycles. The molecule has 18 heavy (non-hydrogen) atoms. The van der Waals surface area contributed by atoms with E-state index in [1.165, 1.54) is 0 Å². The lowest BCUT2D eigenvalue weighted by Gasteiger charge is -2.34. The molecular formula is C14H18ClNO2. The van der Waals surface area contributed by atoms with Crippen molar-refractivity contribution in [3.63, 3.8) is 0 Å². The van der Waals surface area contributed by atoms with Crippen molar-refractivity contribution in [2.45, 2.75) is 37.6 Å². The first kappa shape index (κ1) is 13.4. The van der Waals surface area contributed by atoms with Gasteiger partial charge in [0.05, 0.1) is 0 Å². The SMILES string of the molecule is O=C(O)C1(CCc2cccc(Cl)c2)CCCCN1. The molecule has 0 bridgehead atoms. The van der Waals surface area contributed by atoms with Gasteiger partial charge in [-0.2, -0.15) is 0 Å². The number of piperidine rings is 1. The van der Waals surface area contributed by atoms with Gasteiger partial charge in [-0.1, -0.05) is 23.7 Å². The molecule has 1 heterocycles. The second-order valence-electron chi connectivity index (χ2n) is 4.90. The predicted molar refractivity (Wildman–Crippen MR) is 72.0 cm³/mol. The lowest BCUT2D eigenvalue weighted by molar-refractivity contribution is -0.146. The van der Waals surface area contributed by atoms with Crippen LogP contribution in [0.1, 0.15) is 31.2 Å². The van der Waals surface area contributed by atoms with E-state index < -0.39 is 11.5 Å². The smallest absolute Gasteiger partial charge is 0.323 e. The summed E-state index contributed by atoms with van der Waals surface area (Å²) < 4.78 is 0. The molecule has 0 spiro atoms. The highest BCUT2D eigenvalue weighted by Gasteiger charge is 2.38. The van der Waals surface area contributed by atoms with Crippen molar-refractivity contribution < 1.29 is 9.90 Å². The zero-order valence-corrected chi connectivity index (χ0v) is 11.0. The lowest BCUT2D eigenvalue weighted by Crippen LogP contribution is -2.54. The fourth-order valence-corrected chi connectivity index (χ4v) is 2.73. The number of nitrogens with one attached hydrogen (secondary N) is 1. The van der Waals surface area contributed by atoms with Crippen LogP contribution in [0.3, 0.4) is 0 Å². The van der Waals surface area contributed by atoms with E-state index in [2.05, 4.69) is 5.32 Å². The van der Waals surface area contributed by atoms with E-state index in [-0.39, 0.29) is 0 Å². The summed E-state index contributed by atoms with van der Waals surface area (Å²) in [5.74, 6) is -0.732. The fourth-order valence-electron chi connectivity index (χ4n) is 2.52. The number of rotatable bonds is 4. The molecular weight excluding hydrogens is 250 g/mol. The van der Waals surface area contributed by atoms with Crippen molar-refractivity contribution in [2.24, 2.45) is 0 Å². The Kier molecular flexibility index (Phi) is 4.25. The molecule has 2 N–H and O–H groups in total. The van der Waals surface area contributed by atoms with Gasteiger partial charge in [-0.25, -0.2) is 0 Å². The molecule has 1 aromatic rings. The Morgan fingerprint density at radius 1 is 1.44 bits per heavy atom. The van der Waals surface area contributed by atoms with Crippen LogP contribution in [0.5, 0.6) is 0 Å². The van der Waals surface area contributed by atoms with Crippen LogP contribution in [0.15, 0.2) is 24.3 Å². The molecule has 2 rings (SSSR count). The first-order valence-corrected chi connectivity index (χ1v) is 6.73. The van der Waals surface area contributed by atoms with Gasteiger partial charge in [-0.05, 0) is 56.3 Å². The Balaban J connectivity index is 2.04. The van der Waals surface area contributed by atoms with Gasteiger partial charge < -0.3 is 10.4 Å². The van der Waals surface area contributed by atoms with Crippen molar-refractivity contribution in [1.82, 2.24) is 5.32 Å². The molecule has 4 heteroatoms. The number of carbonyl (C=O) groups is 1. The van der Waals surface area contributed by atoms with E-state index in [1.807, 2.05) is 24.3 Å². The monoisotopic (exact) mass is 267 g/mol. The summed E-state index contributed by atoms with van der Waals surface area (Å²) in [6.07, 6.45) is 4.10. The lowest BCUT2D eigenvalue weighted by atomic mass is 9.83. The second-order valence-corrected chi connectivity index (χ2v) is 5.34. The van der Waals surface area contributed by atoms with Gasteiger partial charge in [0.15, 0.2) is 0 Å². The molecule has 0 saturated carbocycles. The minimum absolute atomic E-state index is 0.614. The van der Waals surface area contributed by atoms with E-state index in [1.54, 1.807) is 0 Å². The maximum Gasteiger partial charge on any atom is 0.323 e. The Labute approximate surface area is 112 Å². The van der Waals surface area contributed by atoms with Gasteiger partial charge in [0.1, 0.15) is 5.54 Å². The Morgan fingerprint density at radius 3 is 2.89 bits per heavy atom. The number of aliphatic carboxylic acids is 1. The third-order valence-corrected chi connectivity index (χ3v) is 3.87. The van der Waals surface area contributed by atoms with Gasteiger partial charge in [0.25, 0.3) is 0 Å². The molecule has 1 aromatic carbocycles. The second kappa shape index (κ2) is 5.72.